The minimum atomic E-state index is -0.153. The van der Waals surface area contributed by atoms with E-state index in [-0.39, 0.29) is 17.1 Å². The van der Waals surface area contributed by atoms with Crippen LogP contribution in [-0.2, 0) is 20.3 Å². The fraction of sp³-hybridized carbons (Fsp3) is 0.500. The number of fused-ring (bicyclic) bond motifs is 1. The Morgan fingerprint density at radius 2 is 1.53 bits per heavy atom. The summed E-state index contributed by atoms with van der Waals surface area (Å²) in [4.78, 5) is 0. The van der Waals surface area contributed by atoms with Gasteiger partial charge in [-0.05, 0) is 64.8 Å². The van der Waals surface area contributed by atoms with E-state index >= 15 is 0 Å². The van der Waals surface area contributed by atoms with Crippen LogP contribution in [0.1, 0.15) is 81.2 Å². The third kappa shape index (κ3) is 4.55. The van der Waals surface area contributed by atoms with Gasteiger partial charge in [0.05, 0.1) is 13.2 Å². The summed E-state index contributed by atoms with van der Waals surface area (Å²) in [5.74, 6) is 0. The molecule has 0 N–H and O–H groups in total. The highest BCUT2D eigenvalue weighted by Crippen LogP contribution is 2.46. The normalized spacial score (nSPS) is 21.3. The quantitative estimate of drug-likeness (QED) is 0.509. The third-order valence-electron chi connectivity index (χ3n) is 6.92. The first-order valence-corrected chi connectivity index (χ1v) is 11.4. The Bertz CT molecular complexity index is 912. The van der Waals surface area contributed by atoms with Gasteiger partial charge >= 0.3 is 0 Å². The number of ether oxygens (including phenoxy) is 2. The highest BCUT2D eigenvalue weighted by molar-refractivity contribution is 5.82. The van der Waals surface area contributed by atoms with Crippen LogP contribution in [0.4, 0.5) is 0 Å². The number of benzene rings is 2. The molecule has 1 aliphatic carbocycles. The van der Waals surface area contributed by atoms with Gasteiger partial charge in [-0.15, -0.1) is 0 Å². The standard InChI is InChI=1S/C28H36O2/c1-20-7-10-22(11-8-20)23(19-26-29-15-6-16-30-26)17-21-9-12-24-25(18-21)28(4,5)14-13-27(24,2)3/h7-12,17-18,26H,6,13-16,19H2,1-5H3/b23-17-. The maximum atomic E-state index is 5.88. The average molecular weight is 405 g/mol. The highest BCUT2D eigenvalue weighted by atomic mass is 16.7. The molecule has 0 bridgehead atoms. The monoisotopic (exact) mass is 404 g/mol. The fourth-order valence-corrected chi connectivity index (χ4v) is 4.76. The molecule has 1 saturated heterocycles. The van der Waals surface area contributed by atoms with E-state index in [0.717, 1.165) is 26.1 Å². The molecule has 0 atom stereocenters. The molecule has 2 heteroatoms. The van der Waals surface area contributed by atoms with Gasteiger partial charge in [-0.1, -0.05) is 81.8 Å². The van der Waals surface area contributed by atoms with Crippen LogP contribution in [0.2, 0.25) is 0 Å². The van der Waals surface area contributed by atoms with Crippen molar-refractivity contribution in [1.82, 2.24) is 0 Å². The number of hydrogen-bond acceptors (Lipinski definition) is 2. The van der Waals surface area contributed by atoms with E-state index in [4.69, 9.17) is 9.47 Å². The van der Waals surface area contributed by atoms with E-state index in [1.54, 1.807) is 0 Å². The second-order valence-corrected chi connectivity index (χ2v) is 10.3. The first-order valence-electron chi connectivity index (χ1n) is 11.4. The van der Waals surface area contributed by atoms with E-state index in [0.29, 0.717) is 0 Å². The number of aryl methyl sites for hydroxylation is 1. The van der Waals surface area contributed by atoms with Crippen LogP contribution in [-0.4, -0.2) is 19.5 Å². The van der Waals surface area contributed by atoms with Gasteiger partial charge in [-0.25, -0.2) is 0 Å². The maximum Gasteiger partial charge on any atom is 0.161 e. The molecule has 0 aromatic heterocycles. The third-order valence-corrected chi connectivity index (χ3v) is 6.92. The summed E-state index contributed by atoms with van der Waals surface area (Å²) < 4.78 is 11.8. The molecule has 0 spiro atoms. The Labute approximate surface area is 182 Å². The van der Waals surface area contributed by atoms with Crippen molar-refractivity contribution in [2.45, 2.75) is 77.4 Å². The lowest BCUT2D eigenvalue weighted by atomic mass is 9.63. The molecule has 1 heterocycles. The first kappa shape index (κ1) is 21.3. The summed E-state index contributed by atoms with van der Waals surface area (Å²) in [5.41, 5.74) is 8.54. The molecule has 0 saturated carbocycles. The van der Waals surface area contributed by atoms with Gasteiger partial charge in [0.15, 0.2) is 6.29 Å². The summed E-state index contributed by atoms with van der Waals surface area (Å²) in [6.45, 7) is 13.2. The zero-order chi connectivity index (χ0) is 21.4. The Morgan fingerprint density at radius 3 is 2.20 bits per heavy atom. The van der Waals surface area contributed by atoms with Crippen molar-refractivity contribution >= 4 is 11.6 Å². The zero-order valence-electron chi connectivity index (χ0n) is 19.3. The van der Waals surface area contributed by atoms with Gasteiger partial charge in [0, 0.05) is 6.42 Å². The van der Waals surface area contributed by atoms with Crippen LogP contribution in [0.15, 0.2) is 42.5 Å². The number of rotatable bonds is 4. The van der Waals surface area contributed by atoms with E-state index in [1.807, 2.05) is 0 Å². The molecule has 2 aromatic rings. The van der Waals surface area contributed by atoms with Gasteiger partial charge in [0.2, 0.25) is 0 Å². The lowest BCUT2D eigenvalue weighted by Crippen LogP contribution is -2.33. The molecule has 160 valence electrons. The Balaban J connectivity index is 1.73. The molecule has 2 nitrogen and oxygen atoms in total. The van der Waals surface area contributed by atoms with Gasteiger partial charge in [-0.3, -0.25) is 0 Å². The van der Waals surface area contributed by atoms with Crippen LogP contribution >= 0.6 is 0 Å². The Morgan fingerprint density at radius 1 is 0.900 bits per heavy atom. The smallest absolute Gasteiger partial charge is 0.161 e. The van der Waals surface area contributed by atoms with Crippen LogP contribution in [0.5, 0.6) is 0 Å². The molecule has 30 heavy (non-hydrogen) atoms. The van der Waals surface area contributed by atoms with Crippen molar-refractivity contribution < 1.29 is 9.47 Å². The SMILES string of the molecule is Cc1ccc(/C(=C\c2ccc3c(c2)C(C)(C)CCC3(C)C)CC2OCCCO2)cc1. The molecular formula is C28H36O2. The average Bonchev–Trinajstić information content (AvgIpc) is 2.72. The minimum absolute atomic E-state index is 0.153. The molecule has 0 amide bonds. The second kappa shape index (κ2) is 8.32. The van der Waals surface area contributed by atoms with E-state index < -0.39 is 0 Å². The fourth-order valence-electron chi connectivity index (χ4n) is 4.76. The molecule has 1 fully saturated rings. The van der Waals surface area contributed by atoms with Gasteiger partial charge in [0.25, 0.3) is 0 Å². The molecular weight excluding hydrogens is 368 g/mol. The van der Waals surface area contributed by atoms with Gasteiger partial charge in [0.1, 0.15) is 0 Å². The molecule has 0 radical (unpaired) electrons. The lowest BCUT2D eigenvalue weighted by molar-refractivity contribution is -0.174. The molecule has 4 rings (SSSR count). The van der Waals surface area contributed by atoms with Gasteiger partial charge in [-0.2, -0.15) is 0 Å². The summed E-state index contributed by atoms with van der Waals surface area (Å²) >= 11 is 0. The van der Waals surface area contributed by atoms with Crippen molar-refractivity contribution in [3.63, 3.8) is 0 Å². The largest absolute Gasteiger partial charge is 0.352 e. The zero-order valence-corrected chi connectivity index (χ0v) is 19.3. The first-order chi connectivity index (χ1) is 14.2. The summed E-state index contributed by atoms with van der Waals surface area (Å²) in [6.07, 6.45) is 6.41. The van der Waals surface area contributed by atoms with Crippen molar-refractivity contribution in [1.29, 1.82) is 0 Å². The van der Waals surface area contributed by atoms with E-state index in [9.17, 15) is 0 Å². The summed E-state index contributed by atoms with van der Waals surface area (Å²) in [7, 11) is 0. The van der Waals surface area contributed by atoms with Crippen molar-refractivity contribution in [3.05, 3.63) is 70.3 Å². The molecule has 0 unspecified atom stereocenters. The molecule has 2 aliphatic rings. The topological polar surface area (TPSA) is 18.5 Å². The lowest BCUT2D eigenvalue weighted by Gasteiger charge is -2.42. The minimum Gasteiger partial charge on any atom is -0.352 e. The number of hydrogen-bond donors (Lipinski definition) is 0. The molecule has 2 aromatic carbocycles. The Hall–Kier alpha value is -1.90. The van der Waals surface area contributed by atoms with Gasteiger partial charge < -0.3 is 9.47 Å². The van der Waals surface area contributed by atoms with Crippen molar-refractivity contribution in [3.8, 4) is 0 Å². The van der Waals surface area contributed by atoms with Crippen molar-refractivity contribution in [2.24, 2.45) is 0 Å². The Kier molecular flexibility index (Phi) is 5.92. The van der Waals surface area contributed by atoms with Crippen LogP contribution in [0.3, 0.4) is 0 Å². The predicted molar refractivity (Wildman–Crippen MR) is 126 cm³/mol. The predicted octanol–water partition coefficient (Wildman–Crippen LogP) is 7.04. The van der Waals surface area contributed by atoms with E-state index in [1.165, 1.54) is 46.2 Å². The van der Waals surface area contributed by atoms with Crippen molar-refractivity contribution in [2.75, 3.05) is 13.2 Å². The van der Waals surface area contributed by atoms with E-state index in [2.05, 4.69) is 83.2 Å². The van der Waals surface area contributed by atoms with Crippen LogP contribution in [0, 0.1) is 6.92 Å². The second-order valence-electron chi connectivity index (χ2n) is 10.3. The summed E-state index contributed by atoms with van der Waals surface area (Å²) in [5, 5.41) is 0. The van der Waals surface area contributed by atoms with Crippen LogP contribution in [0.25, 0.3) is 11.6 Å². The maximum absolute atomic E-state index is 5.88. The highest BCUT2D eigenvalue weighted by Gasteiger charge is 2.36. The summed E-state index contributed by atoms with van der Waals surface area (Å²) in [6, 6.07) is 15.9. The van der Waals surface area contributed by atoms with Crippen LogP contribution < -0.4 is 0 Å². The molecule has 1 aliphatic heterocycles.